The summed E-state index contributed by atoms with van der Waals surface area (Å²) in [5.41, 5.74) is 0.124. The minimum absolute atomic E-state index is 0.00422. The topological polar surface area (TPSA) is 130 Å². The van der Waals surface area contributed by atoms with E-state index in [1.54, 1.807) is 19.1 Å². The Balaban J connectivity index is 1.61. The third kappa shape index (κ3) is 8.94. The van der Waals surface area contributed by atoms with Gasteiger partial charge in [-0.1, -0.05) is 42.5 Å². The number of benzene rings is 3. The molecule has 0 radical (unpaired) electrons. The van der Waals surface area contributed by atoms with Crippen molar-refractivity contribution in [1.82, 2.24) is 4.72 Å². The second-order valence-corrected chi connectivity index (χ2v) is 12.5. The number of esters is 1. The van der Waals surface area contributed by atoms with E-state index in [2.05, 4.69) is 4.72 Å². The highest BCUT2D eigenvalue weighted by atomic mass is 35.5. The summed E-state index contributed by atoms with van der Waals surface area (Å²) in [5, 5.41) is -0.0478. The summed E-state index contributed by atoms with van der Waals surface area (Å²) in [6, 6.07) is 13.2. The van der Waals surface area contributed by atoms with Gasteiger partial charge in [0.25, 0.3) is 0 Å². The van der Waals surface area contributed by atoms with Gasteiger partial charge in [0.05, 0.1) is 36.6 Å². The van der Waals surface area contributed by atoms with Crippen molar-refractivity contribution in [3.63, 3.8) is 0 Å². The molecule has 0 saturated heterocycles. The number of hydrogen-bond donors (Lipinski definition) is 1. The number of methoxy groups -OCH3 is 2. The van der Waals surface area contributed by atoms with E-state index < -0.39 is 28.6 Å². The molecule has 0 heterocycles. The number of nitrogens with zero attached hydrogens (tertiary/aromatic N) is 1. The van der Waals surface area contributed by atoms with Crippen molar-refractivity contribution in [2.75, 3.05) is 32.3 Å². The van der Waals surface area contributed by atoms with Crippen LogP contribution in [0.1, 0.15) is 39.0 Å². The van der Waals surface area contributed by atoms with E-state index in [0.717, 1.165) is 37.0 Å². The third-order valence-electron chi connectivity index (χ3n) is 6.94. The van der Waals surface area contributed by atoms with Gasteiger partial charge in [-0.25, -0.2) is 17.9 Å². The maximum Gasteiger partial charge on any atom is 0.420 e. The van der Waals surface area contributed by atoms with Gasteiger partial charge in [-0.05, 0) is 68.3 Å². The number of carbonyl (C=O) groups excluding carboxylic acids is 2. The molecule has 0 unspecified atom stereocenters. The van der Waals surface area contributed by atoms with Crippen LogP contribution in [-0.4, -0.2) is 53.9 Å². The van der Waals surface area contributed by atoms with Crippen LogP contribution in [0.2, 0.25) is 10.0 Å². The van der Waals surface area contributed by atoms with Crippen molar-refractivity contribution in [2.24, 2.45) is 0 Å². The Kier molecular flexibility index (Phi) is 11.8. The predicted octanol–water partition coefficient (Wildman–Crippen LogP) is 6.98. The van der Waals surface area contributed by atoms with Crippen LogP contribution in [0, 0.1) is 0 Å². The molecule has 1 aliphatic carbocycles. The lowest BCUT2D eigenvalue weighted by Crippen LogP contribution is -2.38. The van der Waals surface area contributed by atoms with Crippen molar-refractivity contribution in [2.45, 2.75) is 50.0 Å². The molecular weight excluding hydrogens is 647 g/mol. The highest BCUT2D eigenvalue weighted by Crippen LogP contribution is 2.41. The average Bonchev–Trinajstić information content (AvgIpc) is 3.02. The largest absolute Gasteiger partial charge is 0.497 e. The molecule has 1 N–H and O–H groups in total. The quantitative estimate of drug-likeness (QED) is 0.201. The molecule has 0 aliphatic heterocycles. The first-order valence-electron chi connectivity index (χ1n) is 14.2. The number of halogens is 2. The minimum atomic E-state index is -3.94. The fraction of sp³-hybridized carbons (Fsp3) is 0.355. The number of hydrogen-bond acceptors (Lipinski definition) is 9. The van der Waals surface area contributed by atoms with E-state index in [4.69, 9.17) is 46.9 Å². The van der Waals surface area contributed by atoms with Crippen molar-refractivity contribution in [3.8, 4) is 28.7 Å². The Labute approximate surface area is 272 Å². The van der Waals surface area contributed by atoms with Crippen molar-refractivity contribution < 1.29 is 41.7 Å². The minimum Gasteiger partial charge on any atom is -0.497 e. The lowest BCUT2D eigenvalue weighted by molar-refractivity contribution is -0.141. The second-order valence-electron chi connectivity index (χ2n) is 10.0. The number of carbonyl (C=O) groups is 2. The third-order valence-corrected chi connectivity index (χ3v) is 9.05. The maximum absolute atomic E-state index is 13.3. The summed E-state index contributed by atoms with van der Waals surface area (Å²) in [6.07, 6.45) is 3.61. The molecule has 0 bridgehead atoms. The van der Waals surface area contributed by atoms with Crippen LogP contribution < -0.4 is 28.6 Å². The van der Waals surface area contributed by atoms with Crippen molar-refractivity contribution in [1.29, 1.82) is 0 Å². The number of sulfonamides is 1. The van der Waals surface area contributed by atoms with Gasteiger partial charge in [-0.3, -0.25) is 9.69 Å². The van der Waals surface area contributed by atoms with Gasteiger partial charge >= 0.3 is 12.1 Å². The monoisotopic (exact) mass is 680 g/mol. The van der Waals surface area contributed by atoms with E-state index in [1.165, 1.54) is 56.7 Å². The first-order chi connectivity index (χ1) is 21.5. The van der Waals surface area contributed by atoms with E-state index >= 15 is 0 Å². The molecule has 0 atom stereocenters. The molecule has 242 valence electrons. The van der Waals surface area contributed by atoms with Gasteiger partial charge in [0.1, 0.15) is 34.4 Å². The molecule has 3 aromatic rings. The SMILES string of the molecule is CCOC(=O)CN(C(=O)Oc1ccc(OC)cc1)c1cc(Cl)c(Oc2ccc(OC)c(S(=O)(=O)NC3CCCCC3)c2)c(Cl)c1. The molecule has 1 amide bonds. The zero-order valence-electron chi connectivity index (χ0n) is 25.0. The van der Waals surface area contributed by atoms with Crippen LogP contribution in [0.4, 0.5) is 10.5 Å². The number of rotatable bonds is 12. The summed E-state index contributed by atoms with van der Waals surface area (Å²) in [4.78, 5) is 26.5. The molecule has 0 aromatic heterocycles. The molecule has 1 saturated carbocycles. The maximum atomic E-state index is 13.3. The summed E-state index contributed by atoms with van der Waals surface area (Å²) in [7, 11) is -1.05. The van der Waals surface area contributed by atoms with Crippen LogP contribution in [-0.2, 0) is 19.6 Å². The highest BCUT2D eigenvalue weighted by Gasteiger charge is 2.27. The molecule has 1 aliphatic rings. The molecule has 45 heavy (non-hydrogen) atoms. The smallest absolute Gasteiger partial charge is 0.420 e. The Morgan fingerprint density at radius 2 is 1.51 bits per heavy atom. The van der Waals surface area contributed by atoms with E-state index in [9.17, 15) is 18.0 Å². The molecule has 4 rings (SSSR count). The standard InChI is InChI=1S/C31H34Cl2N2O9S/c1-4-42-29(36)19-35(31(37)44-23-12-10-22(40-2)11-13-23)21-16-25(32)30(26(33)17-21)43-24-14-15-27(41-3)28(18-24)45(38,39)34-20-8-6-5-7-9-20/h10-18,20,34H,4-9,19H2,1-3H3. The molecular formula is C31H34Cl2N2O9S. The zero-order valence-corrected chi connectivity index (χ0v) is 27.3. The van der Waals surface area contributed by atoms with Crippen LogP contribution in [0.25, 0.3) is 0 Å². The number of nitrogens with one attached hydrogen (secondary N) is 1. The second kappa shape index (κ2) is 15.5. The molecule has 11 nitrogen and oxygen atoms in total. The van der Waals surface area contributed by atoms with E-state index in [-0.39, 0.29) is 56.3 Å². The van der Waals surface area contributed by atoms with Gasteiger partial charge in [-0.2, -0.15) is 0 Å². The van der Waals surface area contributed by atoms with Crippen molar-refractivity contribution in [3.05, 3.63) is 64.6 Å². The van der Waals surface area contributed by atoms with Crippen LogP contribution >= 0.6 is 23.2 Å². The predicted molar refractivity (Wildman–Crippen MR) is 170 cm³/mol. The first-order valence-corrected chi connectivity index (χ1v) is 16.4. The Morgan fingerprint density at radius 1 is 0.889 bits per heavy atom. The molecule has 14 heteroatoms. The van der Waals surface area contributed by atoms with Crippen LogP contribution in [0.3, 0.4) is 0 Å². The van der Waals surface area contributed by atoms with Gasteiger partial charge in [0, 0.05) is 12.1 Å². The number of amides is 1. The molecule has 1 fully saturated rings. The zero-order chi connectivity index (χ0) is 32.6. The summed E-state index contributed by atoms with van der Waals surface area (Å²) >= 11 is 13.1. The highest BCUT2D eigenvalue weighted by molar-refractivity contribution is 7.89. The van der Waals surface area contributed by atoms with E-state index in [0.29, 0.717) is 5.75 Å². The van der Waals surface area contributed by atoms with Gasteiger partial charge in [0.15, 0.2) is 5.75 Å². The first kappa shape index (κ1) is 34.2. The Morgan fingerprint density at radius 3 is 2.11 bits per heavy atom. The summed E-state index contributed by atoms with van der Waals surface area (Å²) in [5.74, 6) is 0.340. The van der Waals surface area contributed by atoms with Crippen LogP contribution in [0.15, 0.2) is 59.5 Å². The average molecular weight is 682 g/mol. The Bertz CT molecular complexity index is 1590. The fourth-order valence-corrected chi connectivity index (χ4v) is 6.79. The Hall–Kier alpha value is -3.71. The number of anilines is 1. The lowest BCUT2D eigenvalue weighted by Gasteiger charge is -2.23. The van der Waals surface area contributed by atoms with Gasteiger partial charge in [0.2, 0.25) is 10.0 Å². The number of ether oxygens (including phenoxy) is 5. The molecule has 3 aromatic carbocycles. The van der Waals surface area contributed by atoms with Gasteiger partial charge in [-0.15, -0.1) is 0 Å². The summed E-state index contributed by atoms with van der Waals surface area (Å²) in [6.45, 7) is 1.24. The van der Waals surface area contributed by atoms with Gasteiger partial charge < -0.3 is 23.7 Å². The lowest BCUT2D eigenvalue weighted by atomic mass is 9.96. The molecule has 0 spiro atoms. The fourth-order valence-electron chi connectivity index (χ4n) is 4.75. The summed E-state index contributed by atoms with van der Waals surface area (Å²) < 4.78 is 56.3. The van der Waals surface area contributed by atoms with Crippen molar-refractivity contribution >= 4 is 51.0 Å². The van der Waals surface area contributed by atoms with Crippen LogP contribution in [0.5, 0.6) is 28.7 Å². The van der Waals surface area contributed by atoms with E-state index in [1.807, 2.05) is 0 Å². The normalized spacial score (nSPS) is 13.5.